The molecule has 4 heteroatoms. The molecule has 1 saturated carbocycles. The molecule has 0 atom stereocenters. The smallest absolute Gasteiger partial charge is 0.0701 e. The zero-order valence-corrected chi connectivity index (χ0v) is 11.0. The standard InChI is InChI=1S/C13H26O4/c1-15-8-9-17-11-10-16-7-6-13(12-14)4-2-3-5-13/h14H,2-12H2,1H3. The van der Waals surface area contributed by atoms with Gasteiger partial charge in [0.15, 0.2) is 0 Å². The van der Waals surface area contributed by atoms with Crippen LogP contribution in [-0.2, 0) is 14.2 Å². The van der Waals surface area contributed by atoms with Crippen LogP contribution in [0.1, 0.15) is 32.1 Å². The van der Waals surface area contributed by atoms with Gasteiger partial charge in [-0.2, -0.15) is 0 Å². The van der Waals surface area contributed by atoms with Crippen molar-refractivity contribution < 1.29 is 19.3 Å². The predicted molar refractivity (Wildman–Crippen MR) is 66.1 cm³/mol. The average molecular weight is 246 g/mol. The fourth-order valence-electron chi connectivity index (χ4n) is 2.37. The molecule has 0 aromatic heterocycles. The summed E-state index contributed by atoms with van der Waals surface area (Å²) in [5.74, 6) is 0. The Hall–Kier alpha value is -0.160. The molecular weight excluding hydrogens is 220 g/mol. The average Bonchev–Trinajstić information content (AvgIpc) is 2.82. The lowest BCUT2D eigenvalue weighted by Gasteiger charge is -2.26. The second-order valence-corrected chi connectivity index (χ2v) is 4.83. The van der Waals surface area contributed by atoms with Gasteiger partial charge in [-0.05, 0) is 24.7 Å². The summed E-state index contributed by atoms with van der Waals surface area (Å²) in [6.07, 6.45) is 5.78. The van der Waals surface area contributed by atoms with Gasteiger partial charge in [-0.25, -0.2) is 0 Å². The SMILES string of the molecule is COCCOCCOCCC1(CO)CCCC1. The van der Waals surface area contributed by atoms with Gasteiger partial charge in [0.05, 0.1) is 26.4 Å². The number of rotatable bonds is 10. The van der Waals surface area contributed by atoms with E-state index in [1.165, 1.54) is 12.8 Å². The Kier molecular flexibility index (Phi) is 7.77. The highest BCUT2D eigenvalue weighted by molar-refractivity contribution is 4.83. The molecule has 4 nitrogen and oxygen atoms in total. The Bertz CT molecular complexity index is 178. The number of aliphatic hydroxyl groups is 1. The maximum atomic E-state index is 9.42. The fraction of sp³-hybridized carbons (Fsp3) is 1.00. The molecule has 0 aliphatic heterocycles. The molecule has 0 saturated heterocycles. The molecule has 0 unspecified atom stereocenters. The largest absolute Gasteiger partial charge is 0.396 e. The van der Waals surface area contributed by atoms with Gasteiger partial charge in [-0.3, -0.25) is 0 Å². The van der Waals surface area contributed by atoms with E-state index < -0.39 is 0 Å². The van der Waals surface area contributed by atoms with Gasteiger partial charge >= 0.3 is 0 Å². The molecule has 0 bridgehead atoms. The lowest BCUT2D eigenvalue weighted by molar-refractivity contribution is 0.0103. The predicted octanol–water partition coefficient (Wildman–Crippen LogP) is 1.61. The molecule has 0 amide bonds. The van der Waals surface area contributed by atoms with E-state index in [1.807, 2.05) is 0 Å². The number of methoxy groups -OCH3 is 1. The number of aliphatic hydroxyl groups excluding tert-OH is 1. The second kappa shape index (κ2) is 8.86. The Morgan fingerprint density at radius 2 is 1.53 bits per heavy atom. The van der Waals surface area contributed by atoms with Crippen molar-refractivity contribution >= 4 is 0 Å². The van der Waals surface area contributed by atoms with Gasteiger partial charge in [0.1, 0.15) is 0 Å². The van der Waals surface area contributed by atoms with Crippen molar-refractivity contribution in [3.05, 3.63) is 0 Å². The summed E-state index contributed by atoms with van der Waals surface area (Å²) in [7, 11) is 1.66. The van der Waals surface area contributed by atoms with Crippen LogP contribution in [0.4, 0.5) is 0 Å². The zero-order valence-electron chi connectivity index (χ0n) is 11.0. The molecule has 1 N–H and O–H groups in total. The van der Waals surface area contributed by atoms with E-state index in [0.717, 1.165) is 25.9 Å². The van der Waals surface area contributed by atoms with E-state index in [1.54, 1.807) is 7.11 Å². The lowest BCUT2D eigenvalue weighted by atomic mass is 9.84. The van der Waals surface area contributed by atoms with Crippen LogP contribution in [0.25, 0.3) is 0 Å². The molecule has 1 aliphatic carbocycles. The van der Waals surface area contributed by atoms with Crippen LogP contribution in [0, 0.1) is 5.41 Å². The summed E-state index contributed by atoms with van der Waals surface area (Å²) in [4.78, 5) is 0. The number of ether oxygens (including phenoxy) is 3. The maximum absolute atomic E-state index is 9.42. The van der Waals surface area contributed by atoms with Crippen molar-refractivity contribution in [1.29, 1.82) is 0 Å². The van der Waals surface area contributed by atoms with E-state index in [0.29, 0.717) is 33.0 Å². The first-order chi connectivity index (χ1) is 8.33. The van der Waals surface area contributed by atoms with Gasteiger partial charge in [0.25, 0.3) is 0 Å². The quantitative estimate of drug-likeness (QED) is 0.595. The molecule has 1 aliphatic rings. The lowest BCUT2D eigenvalue weighted by Crippen LogP contribution is -2.23. The monoisotopic (exact) mass is 246 g/mol. The van der Waals surface area contributed by atoms with Crippen molar-refractivity contribution in [2.24, 2.45) is 5.41 Å². The Morgan fingerprint density at radius 1 is 0.941 bits per heavy atom. The Labute approximate surface area is 104 Å². The third-order valence-electron chi connectivity index (χ3n) is 3.58. The minimum Gasteiger partial charge on any atom is -0.396 e. The molecule has 0 spiro atoms. The van der Waals surface area contributed by atoms with Gasteiger partial charge in [-0.1, -0.05) is 12.8 Å². The van der Waals surface area contributed by atoms with E-state index in [9.17, 15) is 5.11 Å². The zero-order chi connectivity index (χ0) is 12.4. The number of hydrogen-bond donors (Lipinski definition) is 1. The van der Waals surface area contributed by atoms with E-state index >= 15 is 0 Å². The summed E-state index contributed by atoms with van der Waals surface area (Å²) >= 11 is 0. The van der Waals surface area contributed by atoms with Crippen molar-refractivity contribution in [3.63, 3.8) is 0 Å². The van der Waals surface area contributed by atoms with E-state index in [4.69, 9.17) is 14.2 Å². The molecule has 0 aromatic carbocycles. The number of hydrogen-bond acceptors (Lipinski definition) is 4. The highest BCUT2D eigenvalue weighted by atomic mass is 16.5. The van der Waals surface area contributed by atoms with Crippen molar-refractivity contribution in [2.45, 2.75) is 32.1 Å². The molecule has 1 fully saturated rings. The summed E-state index contributed by atoms with van der Waals surface area (Å²) in [6.45, 7) is 3.55. The summed E-state index contributed by atoms with van der Waals surface area (Å²) in [6, 6.07) is 0. The Morgan fingerprint density at radius 3 is 2.12 bits per heavy atom. The van der Waals surface area contributed by atoms with Crippen LogP contribution in [0.15, 0.2) is 0 Å². The normalized spacial score (nSPS) is 18.7. The van der Waals surface area contributed by atoms with Crippen LogP contribution in [0.5, 0.6) is 0 Å². The molecule has 0 heterocycles. The molecule has 17 heavy (non-hydrogen) atoms. The first-order valence-electron chi connectivity index (χ1n) is 6.58. The highest BCUT2D eigenvalue weighted by Crippen LogP contribution is 2.40. The van der Waals surface area contributed by atoms with Gasteiger partial charge < -0.3 is 19.3 Å². The second-order valence-electron chi connectivity index (χ2n) is 4.83. The third-order valence-corrected chi connectivity index (χ3v) is 3.58. The van der Waals surface area contributed by atoms with Gasteiger partial charge in [-0.15, -0.1) is 0 Å². The van der Waals surface area contributed by atoms with Crippen LogP contribution in [0.3, 0.4) is 0 Å². The first-order valence-corrected chi connectivity index (χ1v) is 6.58. The van der Waals surface area contributed by atoms with Crippen molar-refractivity contribution in [1.82, 2.24) is 0 Å². The molecule has 0 radical (unpaired) electrons. The van der Waals surface area contributed by atoms with Crippen LogP contribution in [-0.4, -0.2) is 51.9 Å². The molecule has 102 valence electrons. The summed E-state index contributed by atoms with van der Waals surface area (Å²) < 4.78 is 15.7. The summed E-state index contributed by atoms with van der Waals surface area (Å²) in [5.41, 5.74) is 0.150. The van der Waals surface area contributed by atoms with Crippen molar-refractivity contribution in [3.8, 4) is 0 Å². The topological polar surface area (TPSA) is 47.9 Å². The van der Waals surface area contributed by atoms with Gasteiger partial charge in [0, 0.05) is 20.3 Å². The minimum atomic E-state index is 0.150. The van der Waals surface area contributed by atoms with E-state index in [2.05, 4.69) is 0 Å². The van der Waals surface area contributed by atoms with Crippen molar-refractivity contribution in [2.75, 3.05) is 46.8 Å². The van der Waals surface area contributed by atoms with Crippen LogP contribution in [0.2, 0.25) is 0 Å². The van der Waals surface area contributed by atoms with Gasteiger partial charge in [0.2, 0.25) is 0 Å². The van der Waals surface area contributed by atoms with Crippen LogP contribution >= 0.6 is 0 Å². The molecule has 0 aromatic rings. The maximum Gasteiger partial charge on any atom is 0.0701 e. The fourth-order valence-corrected chi connectivity index (χ4v) is 2.37. The molecular formula is C13H26O4. The molecule has 1 rings (SSSR count). The Balaban J connectivity index is 1.92. The highest BCUT2D eigenvalue weighted by Gasteiger charge is 2.32. The minimum absolute atomic E-state index is 0.150. The van der Waals surface area contributed by atoms with E-state index in [-0.39, 0.29) is 5.41 Å². The third kappa shape index (κ3) is 5.82. The van der Waals surface area contributed by atoms with Crippen LogP contribution < -0.4 is 0 Å². The summed E-state index contributed by atoms with van der Waals surface area (Å²) in [5, 5.41) is 9.42. The first kappa shape index (κ1) is 14.9.